The van der Waals surface area contributed by atoms with Crippen molar-refractivity contribution in [2.24, 2.45) is 0 Å². The van der Waals surface area contributed by atoms with Crippen molar-refractivity contribution in [3.8, 4) is 17.2 Å². The highest BCUT2D eigenvalue weighted by Gasteiger charge is 2.10. The van der Waals surface area contributed by atoms with Crippen LogP contribution >= 0.6 is 0 Å². The van der Waals surface area contributed by atoms with Gasteiger partial charge in [0.25, 0.3) is 5.56 Å². The monoisotopic (exact) mass is 301 g/mol. The number of nitrogens with one attached hydrogen (secondary N) is 1. The molecule has 0 fully saturated rings. The molecule has 0 unspecified atom stereocenters. The van der Waals surface area contributed by atoms with Crippen molar-refractivity contribution < 1.29 is 0 Å². The molecule has 0 aliphatic carbocycles. The summed E-state index contributed by atoms with van der Waals surface area (Å²) in [5.74, 6) is 0. The normalized spacial score (nSPS) is 11.0. The number of benzene rings is 1. The van der Waals surface area contributed by atoms with E-state index in [2.05, 4.69) is 21.1 Å². The van der Waals surface area contributed by atoms with Crippen LogP contribution in [0, 0.1) is 18.3 Å². The van der Waals surface area contributed by atoms with Crippen LogP contribution in [0.5, 0.6) is 0 Å². The van der Waals surface area contributed by atoms with Gasteiger partial charge in [0.15, 0.2) is 5.65 Å². The van der Waals surface area contributed by atoms with E-state index in [1.807, 2.05) is 13.0 Å². The maximum atomic E-state index is 12.5. The molecule has 3 heterocycles. The van der Waals surface area contributed by atoms with E-state index >= 15 is 0 Å². The van der Waals surface area contributed by atoms with Gasteiger partial charge < -0.3 is 4.98 Å². The Balaban J connectivity index is 2.02. The van der Waals surface area contributed by atoms with Crippen LogP contribution in [-0.2, 0) is 0 Å². The van der Waals surface area contributed by atoms with Gasteiger partial charge >= 0.3 is 0 Å². The number of rotatable bonds is 1. The number of nitrogens with zero attached hydrogens (tertiary/aromatic N) is 4. The molecule has 0 radical (unpaired) electrons. The fourth-order valence-corrected chi connectivity index (χ4v) is 2.66. The summed E-state index contributed by atoms with van der Waals surface area (Å²) in [7, 11) is 0. The predicted molar refractivity (Wildman–Crippen MR) is 86.0 cm³/mol. The van der Waals surface area contributed by atoms with E-state index < -0.39 is 0 Å². The van der Waals surface area contributed by atoms with Gasteiger partial charge in [0.2, 0.25) is 0 Å². The highest BCUT2D eigenvalue weighted by molar-refractivity contribution is 5.82. The summed E-state index contributed by atoms with van der Waals surface area (Å²) in [6.45, 7) is 1.88. The van der Waals surface area contributed by atoms with Gasteiger partial charge in [0, 0.05) is 23.2 Å². The van der Waals surface area contributed by atoms with E-state index in [0.717, 1.165) is 11.1 Å². The van der Waals surface area contributed by atoms with E-state index in [1.165, 1.54) is 0 Å². The summed E-state index contributed by atoms with van der Waals surface area (Å²) in [5, 5.41) is 14.1. The molecule has 0 amide bonds. The molecule has 6 nitrogen and oxygen atoms in total. The van der Waals surface area contributed by atoms with Gasteiger partial charge in [-0.1, -0.05) is 12.1 Å². The van der Waals surface area contributed by atoms with Crippen molar-refractivity contribution >= 4 is 16.7 Å². The summed E-state index contributed by atoms with van der Waals surface area (Å²) in [5.41, 5.74) is 3.60. The zero-order chi connectivity index (χ0) is 16.0. The van der Waals surface area contributed by atoms with Crippen LogP contribution in [0.4, 0.5) is 0 Å². The number of aromatic amines is 1. The molecule has 0 aliphatic heterocycles. The first-order valence-electron chi connectivity index (χ1n) is 7.05. The highest BCUT2D eigenvalue weighted by Crippen LogP contribution is 2.20. The van der Waals surface area contributed by atoms with E-state index in [0.29, 0.717) is 28.0 Å². The molecule has 110 valence electrons. The lowest BCUT2D eigenvalue weighted by Gasteiger charge is -2.05. The Bertz CT molecular complexity index is 1160. The molecule has 0 saturated carbocycles. The molecule has 0 spiro atoms. The number of aromatic nitrogens is 4. The van der Waals surface area contributed by atoms with E-state index in [9.17, 15) is 4.79 Å². The Hall–Kier alpha value is -3.46. The van der Waals surface area contributed by atoms with Crippen LogP contribution < -0.4 is 5.56 Å². The lowest BCUT2D eigenvalue weighted by Crippen LogP contribution is -2.11. The topological polar surface area (TPSA) is 86.8 Å². The van der Waals surface area contributed by atoms with Crippen molar-refractivity contribution in [3.63, 3.8) is 0 Å². The van der Waals surface area contributed by atoms with Gasteiger partial charge in [-0.05, 0) is 30.7 Å². The van der Waals surface area contributed by atoms with Crippen molar-refractivity contribution in [2.45, 2.75) is 6.92 Å². The molecule has 0 atom stereocenters. The minimum Gasteiger partial charge on any atom is -0.306 e. The van der Waals surface area contributed by atoms with Crippen molar-refractivity contribution in [2.75, 3.05) is 0 Å². The maximum Gasteiger partial charge on any atom is 0.257 e. The molecule has 0 aliphatic rings. The second kappa shape index (κ2) is 4.78. The van der Waals surface area contributed by atoms with Crippen molar-refractivity contribution in [3.05, 3.63) is 64.2 Å². The zero-order valence-corrected chi connectivity index (χ0v) is 12.2. The fourth-order valence-electron chi connectivity index (χ4n) is 2.66. The number of aryl methyl sites for hydroxylation is 1. The molecule has 4 aromatic rings. The molecule has 3 aromatic heterocycles. The van der Waals surface area contributed by atoms with E-state index in [4.69, 9.17) is 5.26 Å². The zero-order valence-electron chi connectivity index (χ0n) is 12.2. The minimum absolute atomic E-state index is 0.228. The Kier molecular flexibility index (Phi) is 2.75. The Morgan fingerprint density at radius 2 is 2.13 bits per heavy atom. The van der Waals surface area contributed by atoms with Crippen molar-refractivity contribution in [1.82, 2.24) is 19.6 Å². The number of hydrogen-bond donors (Lipinski definition) is 1. The summed E-state index contributed by atoms with van der Waals surface area (Å²) in [4.78, 5) is 19.7. The third-order valence-corrected chi connectivity index (χ3v) is 3.71. The van der Waals surface area contributed by atoms with Gasteiger partial charge in [-0.3, -0.25) is 4.79 Å². The first kappa shape index (κ1) is 13.2. The predicted octanol–water partition coefficient (Wildman–Crippen LogP) is 2.42. The smallest absolute Gasteiger partial charge is 0.257 e. The number of hydrogen-bond acceptors (Lipinski definition) is 4. The van der Waals surface area contributed by atoms with Gasteiger partial charge in [0.1, 0.15) is 5.65 Å². The van der Waals surface area contributed by atoms with Crippen LogP contribution in [0.2, 0.25) is 0 Å². The second-order valence-electron chi connectivity index (χ2n) is 5.32. The van der Waals surface area contributed by atoms with Gasteiger partial charge in [-0.2, -0.15) is 14.9 Å². The Morgan fingerprint density at radius 3 is 2.96 bits per heavy atom. The number of nitriles is 1. The molecule has 6 heteroatoms. The van der Waals surface area contributed by atoms with Gasteiger partial charge in [-0.15, -0.1) is 0 Å². The minimum atomic E-state index is -0.228. The highest BCUT2D eigenvalue weighted by atomic mass is 16.1. The standard InChI is InChI=1S/C17H11N5O/c1-10-5-15-19-9-13-7-14(12-4-2-3-11(6-12)8-18)17(23)20-16(13)22(15)21-10/h2-7,9H,1H3,(H,20,23). The van der Waals surface area contributed by atoms with Crippen LogP contribution in [0.3, 0.4) is 0 Å². The third kappa shape index (κ3) is 2.07. The van der Waals surface area contributed by atoms with E-state index in [1.54, 1.807) is 41.0 Å². The second-order valence-corrected chi connectivity index (χ2v) is 5.32. The van der Waals surface area contributed by atoms with Crippen LogP contribution in [-0.4, -0.2) is 19.6 Å². The summed E-state index contributed by atoms with van der Waals surface area (Å²) < 4.78 is 1.63. The third-order valence-electron chi connectivity index (χ3n) is 3.71. The van der Waals surface area contributed by atoms with Crippen LogP contribution in [0.1, 0.15) is 11.3 Å². The number of H-pyrrole nitrogens is 1. The quantitative estimate of drug-likeness (QED) is 0.585. The number of fused-ring (bicyclic) bond motifs is 3. The van der Waals surface area contributed by atoms with Gasteiger partial charge in [0.05, 0.1) is 17.3 Å². The Labute approximate surface area is 130 Å². The Morgan fingerprint density at radius 1 is 1.26 bits per heavy atom. The van der Waals surface area contributed by atoms with Crippen molar-refractivity contribution in [1.29, 1.82) is 5.26 Å². The van der Waals surface area contributed by atoms with Gasteiger partial charge in [-0.25, -0.2) is 4.98 Å². The number of pyridine rings is 1. The van der Waals surface area contributed by atoms with E-state index in [-0.39, 0.29) is 5.56 Å². The largest absolute Gasteiger partial charge is 0.306 e. The van der Waals surface area contributed by atoms with Crippen LogP contribution in [0.15, 0.2) is 47.4 Å². The van der Waals surface area contributed by atoms with Crippen LogP contribution in [0.25, 0.3) is 27.8 Å². The summed E-state index contributed by atoms with van der Waals surface area (Å²) in [6, 6.07) is 12.7. The molecule has 4 rings (SSSR count). The maximum absolute atomic E-state index is 12.5. The summed E-state index contributed by atoms with van der Waals surface area (Å²) >= 11 is 0. The molecule has 23 heavy (non-hydrogen) atoms. The lowest BCUT2D eigenvalue weighted by molar-refractivity contribution is 0.936. The summed E-state index contributed by atoms with van der Waals surface area (Å²) in [6.07, 6.45) is 1.71. The first-order valence-corrected chi connectivity index (χ1v) is 7.05. The molecular weight excluding hydrogens is 290 g/mol. The molecular formula is C17H11N5O. The SMILES string of the molecule is Cc1cc2ncc3cc(-c4cccc(C#N)c4)c(=O)[nH]c3n2n1. The molecule has 1 aromatic carbocycles. The molecule has 0 saturated heterocycles. The average molecular weight is 301 g/mol. The lowest BCUT2D eigenvalue weighted by atomic mass is 10.0. The average Bonchev–Trinajstić information content (AvgIpc) is 2.95. The molecule has 1 N–H and O–H groups in total. The first-order chi connectivity index (χ1) is 11.2. The molecule has 0 bridgehead atoms. The fraction of sp³-hybridized carbons (Fsp3) is 0.0588.